The summed E-state index contributed by atoms with van der Waals surface area (Å²) in [5, 5.41) is 0. The van der Waals surface area contributed by atoms with Crippen LogP contribution in [0.4, 0.5) is 5.69 Å². The Morgan fingerprint density at radius 2 is 1.50 bits per heavy atom. The van der Waals surface area contributed by atoms with E-state index in [-0.39, 0.29) is 48.1 Å². The molecule has 0 aromatic heterocycles. The van der Waals surface area contributed by atoms with Gasteiger partial charge in [-0.1, -0.05) is 49.4 Å². The lowest BCUT2D eigenvalue weighted by Crippen LogP contribution is -2.45. The van der Waals surface area contributed by atoms with Gasteiger partial charge in [-0.05, 0) is 66.3 Å². The third-order valence-corrected chi connectivity index (χ3v) is 7.96. The maximum Gasteiger partial charge on any atom is 0.259 e. The lowest BCUT2D eigenvalue weighted by molar-refractivity contribution is -0.140. The molecule has 0 spiro atoms. The predicted octanol–water partition coefficient (Wildman–Crippen LogP) is 3.91. The molecule has 1 saturated heterocycles. The first-order valence-electron chi connectivity index (χ1n) is 11.6. The summed E-state index contributed by atoms with van der Waals surface area (Å²) < 4.78 is 0. The summed E-state index contributed by atoms with van der Waals surface area (Å²) in [5.74, 6) is 0.542. The Labute approximate surface area is 187 Å². The number of rotatable bonds is 5. The molecule has 5 nitrogen and oxygen atoms in total. The SMILES string of the molecule is CCc1ccc(N(CN2C(=O)[C@@H]3[C@H]4C=C[C@H]([C@H]5C[C@H]45)[C@@H]3C2=O)C(=O)c2ccccc2)cc1. The maximum atomic E-state index is 13.5. The fourth-order valence-corrected chi connectivity index (χ4v) is 6.21. The molecule has 32 heavy (non-hydrogen) atoms. The van der Waals surface area contributed by atoms with Gasteiger partial charge in [0.1, 0.15) is 6.67 Å². The topological polar surface area (TPSA) is 57.7 Å². The van der Waals surface area contributed by atoms with Crippen molar-refractivity contribution in [1.82, 2.24) is 4.90 Å². The van der Waals surface area contributed by atoms with Crippen molar-refractivity contribution < 1.29 is 14.4 Å². The number of likely N-dealkylation sites (tertiary alicyclic amines) is 1. The molecule has 1 heterocycles. The zero-order valence-electron chi connectivity index (χ0n) is 18.1. The van der Waals surface area contributed by atoms with Crippen molar-refractivity contribution in [2.75, 3.05) is 11.6 Å². The summed E-state index contributed by atoms with van der Waals surface area (Å²) in [5.41, 5.74) is 2.39. The van der Waals surface area contributed by atoms with Crippen LogP contribution in [-0.4, -0.2) is 29.3 Å². The van der Waals surface area contributed by atoms with E-state index in [4.69, 9.17) is 0 Å². The Bertz CT molecular complexity index is 1090. The van der Waals surface area contributed by atoms with E-state index >= 15 is 0 Å². The maximum absolute atomic E-state index is 13.5. The summed E-state index contributed by atoms with van der Waals surface area (Å²) >= 11 is 0. The Morgan fingerprint density at radius 1 is 0.906 bits per heavy atom. The van der Waals surface area contributed by atoms with Crippen LogP contribution in [0.15, 0.2) is 66.7 Å². The molecule has 7 rings (SSSR count). The monoisotopic (exact) mass is 426 g/mol. The minimum atomic E-state index is -0.252. The lowest BCUT2D eigenvalue weighted by atomic mass is 9.63. The fourth-order valence-electron chi connectivity index (χ4n) is 6.21. The van der Waals surface area contributed by atoms with Crippen molar-refractivity contribution in [2.45, 2.75) is 19.8 Å². The van der Waals surface area contributed by atoms with Crippen LogP contribution in [0.1, 0.15) is 29.3 Å². The molecule has 2 bridgehead atoms. The first kappa shape index (κ1) is 19.5. The van der Waals surface area contributed by atoms with Gasteiger partial charge in [-0.2, -0.15) is 0 Å². The number of imide groups is 1. The van der Waals surface area contributed by atoms with Crippen LogP contribution in [0, 0.1) is 35.5 Å². The number of allylic oxidation sites excluding steroid dienone is 2. The van der Waals surface area contributed by atoms with Gasteiger partial charge in [-0.3, -0.25) is 24.2 Å². The molecule has 6 atom stereocenters. The zero-order chi connectivity index (χ0) is 22.0. The predicted molar refractivity (Wildman–Crippen MR) is 120 cm³/mol. The lowest BCUT2D eigenvalue weighted by Gasteiger charge is -2.37. The molecule has 0 N–H and O–H groups in total. The van der Waals surface area contributed by atoms with Gasteiger partial charge in [0.15, 0.2) is 0 Å². The number of nitrogens with zero attached hydrogens (tertiary/aromatic N) is 2. The van der Waals surface area contributed by atoms with Crippen molar-refractivity contribution in [2.24, 2.45) is 35.5 Å². The van der Waals surface area contributed by atoms with Gasteiger partial charge in [0, 0.05) is 11.3 Å². The van der Waals surface area contributed by atoms with Gasteiger partial charge < -0.3 is 0 Å². The molecule has 1 aliphatic heterocycles. The molecule has 3 fully saturated rings. The number of hydrogen-bond donors (Lipinski definition) is 0. The second-order valence-corrected chi connectivity index (χ2v) is 9.52. The number of anilines is 1. The molecule has 0 unspecified atom stereocenters. The van der Waals surface area contributed by atoms with Crippen molar-refractivity contribution in [3.8, 4) is 0 Å². The Morgan fingerprint density at radius 3 is 2.06 bits per heavy atom. The highest BCUT2D eigenvalue weighted by Crippen LogP contribution is 2.65. The van der Waals surface area contributed by atoms with Crippen LogP contribution in [0.25, 0.3) is 0 Å². The van der Waals surface area contributed by atoms with Crippen molar-refractivity contribution >= 4 is 23.4 Å². The second kappa shape index (κ2) is 7.16. The summed E-state index contributed by atoms with van der Waals surface area (Å²) in [6.45, 7) is 2.04. The average molecular weight is 427 g/mol. The van der Waals surface area contributed by atoms with Crippen molar-refractivity contribution in [3.63, 3.8) is 0 Å². The van der Waals surface area contributed by atoms with Crippen molar-refractivity contribution in [3.05, 3.63) is 77.9 Å². The molecular formula is C27H26N2O3. The smallest absolute Gasteiger partial charge is 0.259 e. The number of amides is 3. The largest absolute Gasteiger partial charge is 0.290 e. The van der Waals surface area contributed by atoms with E-state index in [0.717, 1.165) is 12.8 Å². The summed E-state index contributed by atoms with van der Waals surface area (Å²) in [4.78, 5) is 43.3. The molecule has 3 amide bonds. The van der Waals surface area contributed by atoms with Crippen molar-refractivity contribution in [1.29, 1.82) is 0 Å². The van der Waals surface area contributed by atoms with Crippen LogP contribution in [0.5, 0.6) is 0 Å². The Balaban J connectivity index is 1.33. The fraction of sp³-hybridized carbons (Fsp3) is 0.370. The highest BCUT2D eigenvalue weighted by molar-refractivity contribution is 6.09. The Hall–Kier alpha value is -3.21. The van der Waals surface area contributed by atoms with Gasteiger partial charge >= 0.3 is 0 Å². The van der Waals surface area contributed by atoms with Crippen LogP contribution >= 0.6 is 0 Å². The number of carbonyl (C=O) groups is 3. The van der Waals surface area contributed by atoms with Crippen LogP contribution in [0.2, 0.25) is 0 Å². The standard InChI is InChI=1S/C27H26N2O3/c1-2-16-8-10-18(11-9-16)28(25(30)17-6-4-3-5-7-17)15-29-26(31)23-19-12-13-20(22-14-21(19)22)24(23)27(29)32/h3-13,19-24H,2,14-15H2,1H3/t19-,20+,21-,22-,23+,24-/m1/s1. The zero-order valence-corrected chi connectivity index (χ0v) is 18.1. The molecule has 0 radical (unpaired) electrons. The first-order chi connectivity index (χ1) is 15.6. The highest BCUT2D eigenvalue weighted by atomic mass is 16.2. The average Bonchev–Trinajstić information content (AvgIpc) is 3.63. The van der Waals surface area contributed by atoms with Gasteiger partial charge in [-0.15, -0.1) is 0 Å². The number of aryl methyl sites for hydroxylation is 1. The third kappa shape index (κ3) is 2.80. The molecule has 2 saturated carbocycles. The summed E-state index contributed by atoms with van der Waals surface area (Å²) in [7, 11) is 0. The highest BCUT2D eigenvalue weighted by Gasteiger charge is 2.67. The normalized spacial score (nSPS) is 31.5. The second-order valence-electron chi connectivity index (χ2n) is 9.52. The molecule has 4 aliphatic carbocycles. The van der Waals surface area contributed by atoms with E-state index in [1.165, 1.54) is 10.5 Å². The molecule has 5 heteroatoms. The number of benzene rings is 2. The van der Waals surface area contributed by atoms with Gasteiger partial charge in [0.05, 0.1) is 11.8 Å². The minimum absolute atomic E-state index is 0.0430. The van der Waals surface area contributed by atoms with Crippen LogP contribution in [0.3, 0.4) is 0 Å². The number of hydrogen-bond acceptors (Lipinski definition) is 3. The Kier molecular flexibility index (Phi) is 4.36. The van der Waals surface area contributed by atoms with E-state index in [9.17, 15) is 14.4 Å². The van der Waals surface area contributed by atoms with Crippen LogP contribution < -0.4 is 4.90 Å². The van der Waals surface area contributed by atoms with E-state index < -0.39 is 0 Å². The van der Waals surface area contributed by atoms with E-state index in [1.54, 1.807) is 17.0 Å². The molecule has 2 aromatic carbocycles. The van der Waals surface area contributed by atoms with Gasteiger partial charge in [-0.25, -0.2) is 0 Å². The minimum Gasteiger partial charge on any atom is -0.290 e. The molecular weight excluding hydrogens is 400 g/mol. The van der Waals surface area contributed by atoms with Gasteiger partial charge in [0.25, 0.3) is 5.91 Å². The summed E-state index contributed by atoms with van der Waals surface area (Å²) in [6, 6.07) is 16.8. The molecule has 2 aromatic rings. The van der Waals surface area contributed by atoms with Crippen LogP contribution in [-0.2, 0) is 16.0 Å². The molecule has 162 valence electrons. The quantitative estimate of drug-likeness (QED) is 0.538. The van der Waals surface area contributed by atoms with E-state index in [0.29, 0.717) is 23.1 Å². The summed E-state index contributed by atoms with van der Waals surface area (Å²) in [6.07, 6.45) is 6.38. The van der Waals surface area contributed by atoms with E-state index in [1.807, 2.05) is 42.5 Å². The van der Waals surface area contributed by atoms with Gasteiger partial charge in [0.2, 0.25) is 11.8 Å². The number of carbonyl (C=O) groups excluding carboxylic acids is 3. The molecule has 5 aliphatic rings. The van der Waals surface area contributed by atoms with E-state index in [2.05, 4.69) is 19.1 Å². The third-order valence-electron chi connectivity index (χ3n) is 7.96. The first-order valence-corrected chi connectivity index (χ1v) is 11.6.